The average molecular weight is 360 g/mol. The standard InChI is InChI=1S/C13H16BrClN4O/c1-3-10(4-2)19-6-5-9(17-19)7-18-8-16-12(15)11(14)13(18)20/h5-6,8,10H,3-4,7H2,1-2H3. The van der Waals surface area contributed by atoms with E-state index in [4.69, 9.17) is 11.6 Å². The summed E-state index contributed by atoms with van der Waals surface area (Å²) in [6, 6.07) is 2.32. The summed E-state index contributed by atoms with van der Waals surface area (Å²) in [5.74, 6) is 0. The molecule has 0 aliphatic heterocycles. The number of aromatic nitrogens is 4. The van der Waals surface area contributed by atoms with Crippen LogP contribution in [0.3, 0.4) is 0 Å². The molecule has 7 heteroatoms. The summed E-state index contributed by atoms with van der Waals surface area (Å²) >= 11 is 8.92. The third-order valence-corrected chi connectivity index (χ3v) is 4.48. The molecule has 0 N–H and O–H groups in total. The highest BCUT2D eigenvalue weighted by molar-refractivity contribution is 9.10. The van der Waals surface area contributed by atoms with Gasteiger partial charge in [0.25, 0.3) is 5.56 Å². The van der Waals surface area contributed by atoms with E-state index in [-0.39, 0.29) is 15.2 Å². The van der Waals surface area contributed by atoms with Crippen molar-refractivity contribution in [1.82, 2.24) is 19.3 Å². The van der Waals surface area contributed by atoms with Crippen molar-refractivity contribution in [3.8, 4) is 0 Å². The Kier molecular flexibility index (Phi) is 4.99. The molecule has 2 heterocycles. The first-order chi connectivity index (χ1) is 9.56. The number of rotatable bonds is 5. The predicted molar refractivity (Wildman–Crippen MR) is 82.2 cm³/mol. The molecule has 0 bridgehead atoms. The van der Waals surface area contributed by atoms with Gasteiger partial charge in [0.2, 0.25) is 0 Å². The molecule has 0 fully saturated rings. The van der Waals surface area contributed by atoms with Gasteiger partial charge in [0, 0.05) is 6.20 Å². The Morgan fingerprint density at radius 3 is 2.75 bits per heavy atom. The van der Waals surface area contributed by atoms with Gasteiger partial charge in [0.05, 0.1) is 24.6 Å². The van der Waals surface area contributed by atoms with Gasteiger partial charge in [0.1, 0.15) is 4.47 Å². The molecule has 5 nitrogen and oxygen atoms in total. The van der Waals surface area contributed by atoms with Crippen LogP contribution in [0.1, 0.15) is 38.4 Å². The molecule has 0 saturated carbocycles. The fraction of sp³-hybridized carbons (Fsp3) is 0.462. The molecule has 2 aromatic heterocycles. The quantitative estimate of drug-likeness (QED) is 0.770. The van der Waals surface area contributed by atoms with Gasteiger partial charge in [-0.2, -0.15) is 5.10 Å². The van der Waals surface area contributed by atoms with Crippen LogP contribution in [0.15, 0.2) is 27.9 Å². The zero-order valence-corrected chi connectivity index (χ0v) is 13.7. The van der Waals surface area contributed by atoms with Crippen LogP contribution >= 0.6 is 27.5 Å². The molecule has 0 atom stereocenters. The van der Waals surface area contributed by atoms with E-state index in [1.165, 1.54) is 10.9 Å². The third-order valence-electron chi connectivity index (χ3n) is 3.25. The van der Waals surface area contributed by atoms with Gasteiger partial charge in [-0.1, -0.05) is 25.4 Å². The van der Waals surface area contributed by atoms with E-state index < -0.39 is 0 Å². The van der Waals surface area contributed by atoms with E-state index in [1.54, 1.807) is 0 Å². The normalized spacial score (nSPS) is 11.2. The largest absolute Gasteiger partial charge is 0.292 e. The number of nitrogens with zero attached hydrogens (tertiary/aromatic N) is 4. The van der Waals surface area contributed by atoms with Gasteiger partial charge in [-0.3, -0.25) is 14.0 Å². The minimum atomic E-state index is -0.206. The van der Waals surface area contributed by atoms with Crippen LogP contribution in [0.4, 0.5) is 0 Å². The fourth-order valence-corrected chi connectivity index (χ4v) is 2.51. The van der Waals surface area contributed by atoms with Crippen LogP contribution in [0.5, 0.6) is 0 Å². The summed E-state index contributed by atoms with van der Waals surface area (Å²) < 4.78 is 3.72. The molecule has 0 amide bonds. The van der Waals surface area contributed by atoms with Crippen LogP contribution in [-0.2, 0) is 6.54 Å². The van der Waals surface area contributed by atoms with Crippen molar-refractivity contribution in [2.45, 2.75) is 39.3 Å². The first-order valence-corrected chi connectivity index (χ1v) is 7.68. The summed E-state index contributed by atoms with van der Waals surface area (Å²) in [6.45, 7) is 4.66. The Balaban J connectivity index is 2.23. The Morgan fingerprint density at radius 2 is 2.10 bits per heavy atom. The lowest BCUT2D eigenvalue weighted by Gasteiger charge is -2.12. The highest BCUT2D eigenvalue weighted by Crippen LogP contribution is 2.16. The molecule has 0 unspecified atom stereocenters. The summed E-state index contributed by atoms with van der Waals surface area (Å²) in [6.07, 6.45) is 5.46. The van der Waals surface area contributed by atoms with Crippen LogP contribution in [0.2, 0.25) is 5.15 Å². The molecular formula is C13H16BrClN4O. The average Bonchev–Trinajstić information content (AvgIpc) is 2.89. The van der Waals surface area contributed by atoms with Crippen molar-refractivity contribution in [3.63, 3.8) is 0 Å². The van der Waals surface area contributed by atoms with Gasteiger partial charge >= 0.3 is 0 Å². The minimum Gasteiger partial charge on any atom is -0.292 e. The van der Waals surface area contributed by atoms with E-state index in [0.717, 1.165) is 18.5 Å². The predicted octanol–water partition coefficient (Wildman–Crippen LogP) is 3.27. The lowest BCUT2D eigenvalue weighted by Crippen LogP contribution is -2.22. The molecule has 0 spiro atoms. The number of halogens is 2. The molecule has 20 heavy (non-hydrogen) atoms. The molecule has 0 aromatic carbocycles. The molecular weight excluding hydrogens is 344 g/mol. The summed E-state index contributed by atoms with van der Waals surface area (Å²) in [5.41, 5.74) is 0.622. The second-order valence-electron chi connectivity index (χ2n) is 4.54. The van der Waals surface area contributed by atoms with E-state index in [0.29, 0.717) is 12.6 Å². The SMILES string of the molecule is CCC(CC)n1ccc(Cn2cnc(Cl)c(Br)c2=O)n1. The van der Waals surface area contributed by atoms with Gasteiger partial charge in [-0.25, -0.2) is 4.98 Å². The van der Waals surface area contributed by atoms with Crippen molar-refractivity contribution in [3.05, 3.63) is 44.3 Å². The Hall–Kier alpha value is -1.14. The van der Waals surface area contributed by atoms with Crippen molar-refractivity contribution in [2.75, 3.05) is 0 Å². The summed E-state index contributed by atoms with van der Waals surface area (Å²) in [4.78, 5) is 16.0. The number of hydrogen-bond acceptors (Lipinski definition) is 3. The summed E-state index contributed by atoms with van der Waals surface area (Å²) in [5, 5.41) is 4.70. The van der Waals surface area contributed by atoms with Gasteiger partial charge in [-0.05, 0) is 34.8 Å². The maximum Gasteiger partial charge on any atom is 0.269 e. The molecule has 2 rings (SSSR count). The van der Waals surface area contributed by atoms with Gasteiger partial charge in [0.15, 0.2) is 5.15 Å². The van der Waals surface area contributed by atoms with E-state index in [2.05, 4.69) is 39.9 Å². The van der Waals surface area contributed by atoms with Gasteiger partial charge in [-0.15, -0.1) is 0 Å². The second-order valence-corrected chi connectivity index (χ2v) is 5.69. The van der Waals surface area contributed by atoms with Gasteiger partial charge < -0.3 is 0 Å². The maximum atomic E-state index is 12.0. The zero-order valence-electron chi connectivity index (χ0n) is 11.4. The molecule has 0 saturated heterocycles. The fourth-order valence-electron chi connectivity index (χ4n) is 2.06. The second kappa shape index (κ2) is 6.54. The lowest BCUT2D eigenvalue weighted by molar-refractivity contribution is 0.424. The smallest absolute Gasteiger partial charge is 0.269 e. The Morgan fingerprint density at radius 1 is 1.40 bits per heavy atom. The third kappa shape index (κ3) is 3.12. The van der Waals surface area contributed by atoms with Crippen molar-refractivity contribution < 1.29 is 0 Å². The first-order valence-electron chi connectivity index (χ1n) is 6.51. The Bertz CT molecular complexity index is 648. The van der Waals surface area contributed by atoms with E-state index >= 15 is 0 Å². The molecule has 2 aromatic rings. The molecule has 0 radical (unpaired) electrons. The lowest BCUT2D eigenvalue weighted by atomic mass is 10.2. The first kappa shape index (κ1) is 15.3. The summed E-state index contributed by atoms with van der Waals surface area (Å²) in [7, 11) is 0. The van der Waals surface area contributed by atoms with Crippen LogP contribution in [-0.4, -0.2) is 19.3 Å². The van der Waals surface area contributed by atoms with Crippen LogP contribution in [0, 0.1) is 0 Å². The molecule has 0 aliphatic rings. The maximum absolute atomic E-state index is 12.0. The van der Waals surface area contributed by atoms with E-state index in [1.807, 2.05) is 16.9 Å². The topological polar surface area (TPSA) is 52.7 Å². The highest BCUT2D eigenvalue weighted by Gasteiger charge is 2.11. The van der Waals surface area contributed by atoms with Crippen LogP contribution < -0.4 is 5.56 Å². The minimum absolute atomic E-state index is 0.175. The van der Waals surface area contributed by atoms with Crippen molar-refractivity contribution in [2.24, 2.45) is 0 Å². The highest BCUT2D eigenvalue weighted by atomic mass is 79.9. The van der Waals surface area contributed by atoms with Crippen molar-refractivity contribution >= 4 is 27.5 Å². The molecule has 108 valence electrons. The monoisotopic (exact) mass is 358 g/mol. The zero-order chi connectivity index (χ0) is 14.7. The van der Waals surface area contributed by atoms with E-state index in [9.17, 15) is 4.79 Å². The number of hydrogen-bond donors (Lipinski definition) is 0. The molecule has 0 aliphatic carbocycles. The Labute approximate surface area is 130 Å². The van der Waals surface area contributed by atoms with Crippen molar-refractivity contribution in [1.29, 1.82) is 0 Å². The van der Waals surface area contributed by atoms with Crippen LogP contribution in [0.25, 0.3) is 0 Å².